The van der Waals surface area contributed by atoms with E-state index in [1.807, 2.05) is 0 Å². The molecule has 96 valence electrons. The average molecular weight is 290 g/mol. The van der Waals surface area contributed by atoms with E-state index in [1.165, 1.54) is 12.3 Å². The molecule has 0 unspecified atom stereocenters. The molecule has 0 radical (unpaired) electrons. The first-order valence-corrected chi connectivity index (χ1v) is 6.74. The van der Waals surface area contributed by atoms with Crippen LogP contribution in [0.15, 0.2) is 29.3 Å². The SMILES string of the molecule is Cc1[nH]ncc1S(=O)(=O)Nc1ccc(F)cc1Cl. The molecule has 0 saturated carbocycles. The Morgan fingerprint density at radius 3 is 2.72 bits per heavy atom. The lowest BCUT2D eigenvalue weighted by atomic mass is 10.3. The molecule has 0 fully saturated rings. The molecule has 2 rings (SSSR count). The quantitative estimate of drug-likeness (QED) is 0.910. The Labute approximate surface area is 108 Å². The van der Waals surface area contributed by atoms with Crippen molar-refractivity contribution < 1.29 is 12.8 Å². The number of nitrogens with one attached hydrogen (secondary N) is 2. The molecule has 2 aromatic rings. The van der Waals surface area contributed by atoms with E-state index in [9.17, 15) is 12.8 Å². The Morgan fingerprint density at radius 1 is 1.44 bits per heavy atom. The molecule has 0 saturated heterocycles. The normalized spacial score (nSPS) is 11.5. The zero-order valence-corrected chi connectivity index (χ0v) is 10.8. The van der Waals surface area contributed by atoms with Gasteiger partial charge in [0.1, 0.15) is 10.7 Å². The van der Waals surface area contributed by atoms with Crippen LogP contribution in [-0.2, 0) is 10.0 Å². The fourth-order valence-electron chi connectivity index (χ4n) is 1.38. The number of H-pyrrole nitrogens is 1. The van der Waals surface area contributed by atoms with Crippen molar-refractivity contribution in [3.63, 3.8) is 0 Å². The molecule has 2 N–H and O–H groups in total. The van der Waals surface area contributed by atoms with E-state index in [4.69, 9.17) is 11.6 Å². The van der Waals surface area contributed by atoms with Gasteiger partial charge >= 0.3 is 0 Å². The zero-order chi connectivity index (χ0) is 13.3. The van der Waals surface area contributed by atoms with Gasteiger partial charge in [-0.1, -0.05) is 11.6 Å². The summed E-state index contributed by atoms with van der Waals surface area (Å²) in [5, 5.41) is 6.14. The predicted octanol–water partition coefficient (Wildman–Crippen LogP) is 2.31. The smallest absolute Gasteiger partial charge is 0.265 e. The van der Waals surface area contributed by atoms with E-state index >= 15 is 0 Å². The van der Waals surface area contributed by atoms with Crippen LogP contribution in [0.25, 0.3) is 0 Å². The molecule has 0 bridgehead atoms. The Balaban J connectivity index is 2.37. The van der Waals surface area contributed by atoms with Crippen molar-refractivity contribution in [3.8, 4) is 0 Å². The molecular formula is C10H9ClFN3O2S. The number of benzene rings is 1. The molecule has 0 amide bonds. The third kappa shape index (κ3) is 2.46. The van der Waals surface area contributed by atoms with E-state index in [1.54, 1.807) is 6.92 Å². The minimum atomic E-state index is -3.79. The van der Waals surface area contributed by atoms with Crippen LogP contribution in [0, 0.1) is 12.7 Å². The van der Waals surface area contributed by atoms with Crippen molar-refractivity contribution >= 4 is 27.3 Å². The second kappa shape index (κ2) is 4.58. The van der Waals surface area contributed by atoms with Crippen LogP contribution < -0.4 is 4.72 Å². The average Bonchev–Trinajstić information content (AvgIpc) is 2.69. The maximum Gasteiger partial charge on any atom is 0.265 e. The number of hydrogen-bond donors (Lipinski definition) is 2. The Morgan fingerprint density at radius 2 is 2.17 bits per heavy atom. The highest BCUT2D eigenvalue weighted by molar-refractivity contribution is 7.92. The Bertz CT molecular complexity index is 684. The highest BCUT2D eigenvalue weighted by Crippen LogP contribution is 2.25. The van der Waals surface area contributed by atoms with Gasteiger partial charge in [-0.05, 0) is 25.1 Å². The maximum absolute atomic E-state index is 12.8. The maximum atomic E-state index is 12.8. The predicted molar refractivity (Wildman–Crippen MR) is 65.5 cm³/mol. The number of anilines is 1. The molecule has 8 heteroatoms. The van der Waals surface area contributed by atoms with Gasteiger partial charge < -0.3 is 0 Å². The largest absolute Gasteiger partial charge is 0.281 e. The number of halogens is 2. The number of sulfonamides is 1. The van der Waals surface area contributed by atoms with E-state index < -0.39 is 15.8 Å². The molecule has 18 heavy (non-hydrogen) atoms. The first kappa shape index (κ1) is 12.8. The monoisotopic (exact) mass is 289 g/mol. The van der Waals surface area contributed by atoms with Crippen molar-refractivity contribution in [1.82, 2.24) is 10.2 Å². The number of aryl methyl sites for hydroxylation is 1. The standard InChI is InChI=1S/C10H9ClFN3O2S/c1-6-10(5-13-14-6)18(16,17)15-9-3-2-7(12)4-8(9)11/h2-5,15H,1H3,(H,13,14). The second-order valence-electron chi connectivity index (χ2n) is 3.59. The molecule has 5 nitrogen and oxygen atoms in total. The van der Waals surface area contributed by atoms with Crippen molar-refractivity contribution in [3.05, 3.63) is 40.9 Å². The van der Waals surface area contributed by atoms with Crippen LogP contribution in [0.1, 0.15) is 5.69 Å². The molecule has 0 atom stereocenters. The van der Waals surface area contributed by atoms with Gasteiger partial charge in [0.2, 0.25) is 0 Å². The summed E-state index contributed by atoms with van der Waals surface area (Å²) in [7, 11) is -3.79. The van der Waals surface area contributed by atoms with Gasteiger partial charge in [0.05, 0.1) is 22.6 Å². The Hall–Kier alpha value is -1.60. The van der Waals surface area contributed by atoms with Gasteiger partial charge in [-0.2, -0.15) is 5.10 Å². The minimum Gasteiger partial charge on any atom is -0.281 e. The van der Waals surface area contributed by atoms with Crippen molar-refractivity contribution in [2.75, 3.05) is 4.72 Å². The van der Waals surface area contributed by atoms with Gasteiger partial charge in [0.25, 0.3) is 10.0 Å². The summed E-state index contributed by atoms with van der Waals surface area (Å²) in [4.78, 5) is 0.0166. The van der Waals surface area contributed by atoms with Crippen LogP contribution in [-0.4, -0.2) is 18.6 Å². The van der Waals surface area contributed by atoms with E-state index in [0.717, 1.165) is 12.1 Å². The minimum absolute atomic E-state index is 0.0141. The summed E-state index contributed by atoms with van der Waals surface area (Å²) >= 11 is 5.75. The number of aromatic nitrogens is 2. The Kier molecular flexibility index (Phi) is 3.27. The summed E-state index contributed by atoms with van der Waals surface area (Å²) in [5.41, 5.74) is 0.513. The lowest BCUT2D eigenvalue weighted by Gasteiger charge is -2.08. The van der Waals surface area contributed by atoms with Crippen LogP contribution >= 0.6 is 11.6 Å². The van der Waals surface area contributed by atoms with Crippen LogP contribution in [0.4, 0.5) is 10.1 Å². The first-order chi connectivity index (χ1) is 8.40. The number of aromatic amines is 1. The van der Waals surface area contributed by atoms with Gasteiger partial charge in [-0.15, -0.1) is 0 Å². The highest BCUT2D eigenvalue weighted by atomic mass is 35.5. The van der Waals surface area contributed by atoms with Crippen LogP contribution in [0.3, 0.4) is 0 Å². The summed E-state index contributed by atoms with van der Waals surface area (Å²) < 4.78 is 39.1. The van der Waals surface area contributed by atoms with Gasteiger partial charge in [0.15, 0.2) is 0 Å². The molecule has 1 heterocycles. The van der Waals surface area contributed by atoms with Crippen molar-refractivity contribution in [2.24, 2.45) is 0 Å². The third-order valence-corrected chi connectivity index (χ3v) is 4.04. The number of rotatable bonds is 3. The fraction of sp³-hybridized carbons (Fsp3) is 0.100. The molecule has 1 aromatic carbocycles. The highest BCUT2D eigenvalue weighted by Gasteiger charge is 2.19. The molecule has 0 aliphatic heterocycles. The lowest BCUT2D eigenvalue weighted by Crippen LogP contribution is -2.13. The molecule has 1 aromatic heterocycles. The summed E-state index contributed by atoms with van der Waals surface area (Å²) in [6.45, 7) is 1.58. The van der Waals surface area contributed by atoms with Crippen molar-refractivity contribution in [2.45, 2.75) is 11.8 Å². The zero-order valence-electron chi connectivity index (χ0n) is 9.24. The van der Waals surface area contributed by atoms with E-state index in [-0.39, 0.29) is 15.6 Å². The molecular weight excluding hydrogens is 281 g/mol. The third-order valence-electron chi connectivity index (χ3n) is 2.25. The second-order valence-corrected chi connectivity index (χ2v) is 5.65. The van der Waals surface area contributed by atoms with Crippen molar-refractivity contribution in [1.29, 1.82) is 0 Å². The van der Waals surface area contributed by atoms with Gasteiger partial charge in [-0.25, -0.2) is 12.8 Å². The lowest BCUT2D eigenvalue weighted by molar-refractivity contribution is 0.600. The fourth-order valence-corrected chi connectivity index (χ4v) is 2.87. The number of hydrogen-bond acceptors (Lipinski definition) is 3. The van der Waals surface area contributed by atoms with Crippen LogP contribution in [0.2, 0.25) is 5.02 Å². The first-order valence-electron chi connectivity index (χ1n) is 4.88. The van der Waals surface area contributed by atoms with Gasteiger partial charge in [-0.3, -0.25) is 9.82 Å². The molecule has 0 aliphatic carbocycles. The summed E-state index contributed by atoms with van der Waals surface area (Å²) in [6.07, 6.45) is 1.19. The summed E-state index contributed by atoms with van der Waals surface area (Å²) in [6, 6.07) is 3.40. The number of nitrogens with zero attached hydrogens (tertiary/aromatic N) is 1. The molecule has 0 spiro atoms. The van der Waals surface area contributed by atoms with E-state index in [2.05, 4.69) is 14.9 Å². The molecule has 0 aliphatic rings. The topological polar surface area (TPSA) is 74.8 Å². The van der Waals surface area contributed by atoms with Gasteiger partial charge in [0, 0.05) is 0 Å². The van der Waals surface area contributed by atoms with Crippen LogP contribution in [0.5, 0.6) is 0 Å². The summed E-state index contributed by atoms with van der Waals surface area (Å²) in [5.74, 6) is -0.539. The van der Waals surface area contributed by atoms with E-state index in [0.29, 0.717) is 5.69 Å².